The topological polar surface area (TPSA) is 27.7 Å². The average Bonchev–Trinajstić information content (AvgIpc) is 3.74. The van der Waals surface area contributed by atoms with E-state index in [1.54, 1.807) is 0 Å². The van der Waals surface area contributed by atoms with Gasteiger partial charge in [0.15, 0.2) is 0 Å². The molecule has 0 unspecified atom stereocenters. The highest BCUT2D eigenvalue weighted by Gasteiger charge is 2.24. The zero-order chi connectivity index (χ0) is 23.5. The summed E-state index contributed by atoms with van der Waals surface area (Å²) in [5, 5.41) is 0. The van der Waals surface area contributed by atoms with E-state index in [1.165, 1.54) is 60.8 Å². The first kappa shape index (κ1) is 22.5. The van der Waals surface area contributed by atoms with Gasteiger partial charge < -0.3 is 14.2 Å². The molecule has 0 heterocycles. The third kappa shape index (κ3) is 6.60. The molecule has 0 saturated heterocycles. The van der Waals surface area contributed by atoms with Crippen LogP contribution in [0.25, 0.3) is 0 Å². The quantitative estimate of drug-likeness (QED) is 0.265. The van der Waals surface area contributed by atoms with Crippen molar-refractivity contribution in [1.29, 1.82) is 0 Å². The Balaban J connectivity index is 1.18. The molecule has 3 aliphatic rings. The fraction of sp³-hybridized carbons (Fsp3) is 0.438. The Kier molecular flexibility index (Phi) is 6.66. The van der Waals surface area contributed by atoms with Crippen LogP contribution >= 0.6 is 0 Å². The molecular formula is C32H36O3. The molecule has 0 N–H and O–H groups in total. The molecule has 182 valence electrons. The summed E-state index contributed by atoms with van der Waals surface area (Å²) in [7, 11) is 0. The van der Waals surface area contributed by atoms with Crippen LogP contribution in [-0.2, 0) is 12.8 Å². The standard InChI is InChI=1S/C32H36O3/c1-2-7-31(34-21-24-10-11-24)28(5-1)17-27-14-15-29(32(19-27)35-22-25-12-13-25)16-26-4-3-6-30(18-26)33-20-23-8-9-23/h1-7,14-15,18-19,23-25H,8-13,16-17,20-22H2. The Morgan fingerprint density at radius 3 is 1.83 bits per heavy atom. The molecule has 0 bridgehead atoms. The lowest BCUT2D eigenvalue weighted by atomic mass is 9.98. The smallest absolute Gasteiger partial charge is 0.123 e. The summed E-state index contributed by atoms with van der Waals surface area (Å²) in [6.45, 7) is 2.51. The van der Waals surface area contributed by atoms with Crippen molar-refractivity contribution in [1.82, 2.24) is 0 Å². The lowest BCUT2D eigenvalue weighted by Crippen LogP contribution is -2.05. The Labute approximate surface area is 209 Å². The Bertz CT molecular complexity index is 1140. The minimum atomic E-state index is 0.724. The van der Waals surface area contributed by atoms with E-state index in [4.69, 9.17) is 14.2 Å². The second kappa shape index (κ2) is 10.4. The number of benzene rings is 3. The van der Waals surface area contributed by atoms with Gasteiger partial charge in [0, 0.05) is 12.8 Å². The minimum Gasteiger partial charge on any atom is -0.493 e. The number of rotatable bonds is 13. The second-order valence-electron chi connectivity index (χ2n) is 10.8. The van der Waals surface area contributed by atoms with Crippen LogP contribution in [-0.4, -0.2) is 19.8 Å². The van der Waals surface area contributed by atoms with Crippen LogP contribution in [0.3, 0.4) is 0 Å². The van der Waals surface area contributed by atoms with Crippen molar-refractivity contribution >= 4 is 0 Å². The molecule has 0 atom stereocenters. The predicted octanol–water partition coefficient (Wildman–Crippen LogP) is 7.23. The van der Waals surface area contributed by atoms with Gasteiger partial charge in [-0.15, -0.1) is 0 Å². The second-order valence-corrected chi connectivity index (χ2v) is 10.8. The van der Waals surface area contributed by atoms with Gasteiger partial charge >= 0.3 is 0 Å². The summed E-state index contributed by atoms with van der Waals surface area (Å²) in [5.74, 6) is 5.26. The first-order valence-electron chi connectivity index (χ1n) is 13.5. The molecule has 0 aliphatic heterocycles. The van der Waals surface area contributed by atoms with Crippen molar-refractivity contribution in [2.24, 2.45) is 17.8 Å². The monoisotopic (exact) mass is 468 g/mol. The maximum atomic E-state index is 6.38. The van der Waals surface area contributed by atoms with Gasteiger partial charge in [-0.2, -0.15) is 0 Å². The van der Waals surface area contributed by atoms with Crippen molar-refractivity contribution in [2.75, 3.05) is 19.8 Å². The van der Waals surface area contributed by atoms with E-state index in [2.05, 4.69) is 66.7 Å². The fourth-order valence-electron chi connectivity index (χ4n) is 4.45. The lowest BCUT2D eigenvalue weighted by Gasteiger charge is -2.15. The SMILES string of the molecule is c1cc(Cc2ccc(Cc3ccccc3OCC3CC3)cc2OCC2CC2)cc(OCC2CC2)c1. The van der Waals surface area contributed by atoms with Crippen LogP contribution in [0.5, 0.6) is 17.2 Å². The molecule has 3 aliphatic carbocycles. The maximum absolute atomic E-state index is 6.38. The summed E-state index contributed by atoms with van der Waals surface area (Å²) >= 11 is 0. The van der Waals surface area contributed by atoms with Gasteiger partial charge in [-0.05, 0) is 103 Å². The highest BCUT2D eigenvalue weighted by atomic mass is 16.5. The van der Waals surface area contributed by atoms with Crippen LogP contribution in [0.15, 0.2) is 66.7 Å². The predicted molar refractivity (Wildman–Crippen MR) is 140 cm³/mol. The molecule has 0 amide bonds. The van der Waals surface area contributed by atoms with E-state index < -0.39 is 0 Å². The van der Waals surface area contributed by atoms with Gasteiger partial charge in [0.1, 0.15) is 17.2 Å². The zero-order valence-corrected chi connectivity index (χ0v) is 20.6. The van der Waals surface area contributed by atoms with Gasteiger partial charge in [0.25, 0.3) is 0 Å². The van der Waals surface area contributed by atoms with Crippen LogP contribution in [0.1, 0.15) is 60.8 Å². The Morgan fingerprint density at radius 1 is 0.514 bits per heavy atom. The first-order chi connectivity index (χ1) is 17.3. The molecular weight excluding hydrogens is 432 g/mol. The van der Waals surface area contributed by atoms with Crippen LogP contribution < -0.4 is 14.2 Å². The van der Waals surface area contributed by atoms with Crippen molar-refractivity contribution in [3.05, 3.63) is 89.0 Å². The van der Waals surface area contributed by atoms with E-state index in [9.17, 15) is 0 Å². The van der Waals surface area contributed by atoms with E-state index in [1.807, 2.05) is 0 Å². The van der Waals surface area contributed by atoms with Gasteiger partial charge in [0.05, 0.1) is 19.8 Å². The fourth-order valence-corrected chi connectivity index (χ4v) is 4.45. The minimum absolute atomic E-state index is 0.724. The summed E-state index contributed by atoms with van der Waals surface area (Å²) in [6.07, 6.45) is 9.52. The number of ether oxygens (including phenoxy) is 3. The van der Waals surface area contributed by atoms with Crippen molar-refractivity contribution in [3.63, 3.8) is 0 Å². The zero-order valence-electron chi connectivity index (χ0n) is 20.6. The van der Waals surface area contributed by atoms with Gasteiger partial charge in [0.2, 0.25) is 0 Å². The average molecular weight is 469 g/mol. The summed E-state index contributed by atoms with van der Waals surface area (Å²) in [4.78, 5) is 0. The van der Waals surface area contributed by atoms with E-state index in [0.717, 1.165) is 67.7 Å². The Morgan fingerprint density at radius 2 is 1.11 bits per heavy atom. The highest BCUT2D eigenvalue weighted by Crippen LogP contribution is 2.34. The summed E-state index contributed by atoms with van der Waals surface area (Å²) in [6, 6.07) is 23.8. The number of hydrogen-bond donors (Lipinski definition) is 0. The normalized spacial score (nSPS) is 17.3. The molecule has 3 nitrogen and oxygen atoms in total. The largest absolute Gasteiger partial charge is 0.493 e. The van der Waals surface area contributed by atoms with Crippen LogP contribution in [0.2, 0.25) is 0 Å². The van der Waals surface area contributed by atoms with Crippen molar-refractivity contribution < 1.29 is 14.2 Å². The molecule has 0 radical (unpaired) electrons. The van der Waals surface area contributed by atoms with Gasteiger partial charge in [-0.25, -0.2) is 0 Å². The number of para-hydroxylation sites is 1. The maximum Gasteiger partial charge on any atom is 0.123 e. The van der Waals surface area contributed by atoms with Crippen LogP contribution in [0, 0.1) is 17.8 Å². The van der Waals surface area contributed by atoms with Gasteiger partial charge in [-0.3, -0.25) is 0 Å². The summed E-state index contributed by atoms with van der Waals surface area (Å²) < 4.78 is 18.6. The molecule has 35 heavy (non-hydrogen) atoms. The molecule has 0 aromatic heterocycles. The lowest BCUT2D eigenvalue weighted by molar-refractivity contribution is 0.296. The Hall–Kier alpha value is -2.94. The van der Waals surface area contributed by atoms with Gasteiger partial charge in [-0.1, -0.05) is 42.5 Å². The summed E-state index contributed by atoms with van der Waals surface area (Å²) in [5.41, 5.74) is 5.02. The molecule has 3 fully saturated rings. The third-order valence-corrected chi connectivity index (χ3v) is 7.32. The van der Waals surface area contributed by atoms with Crippen molar-refractivity contribution in [2.45, 2.75) is 51.4 Å². The third-order valence-electron chi connectivity index (χ3n) is 7.32. The molecule has 3 aromatic carbocycles. The molecule has 0 spiro atoms. The molecule has 3 heteroatoms. The molecule has 3 saturated carbocycles. The van der Waals surface area contributed by atoms with E-state index in [0.29, 0.717) is 0 Å². The van der Waals surface area contributed by atoms with Crippen LogP contribution in [0.4, 0.5) is 0 Å². The van der Waals surface area contributed by atoms with E-state index in [-0.39, 0.29) is 0 Å². The van der Waals surface area contributed by atoms with Crippen molar-refractivity contribution in [3.8, 4) is 17.2 Å². The first-order valence-corrected chi connectivity index (χ1v) is 13.5. The van der Waals surface area contributed by atoms with E-state index >= 15 is 0 Å². The molecule has 6 rings (SSSR count). The molecule has 3 aromatic rings. The number of hydrogen-bond acceptors (Lipinski definition) is 3. The highest BCUT2D eigenvalue weighted by molar-refractivity contribution is 5.45.